The van der Waals surface area contributed by atoms with Crippen molar-refractivity contribution in [1.82, 2.24) is 10.2 Å². The van der Waals surface area contributed by atoms with Crippen molar-refractivity contribution >= 4 is 0 Å². The first-order valence-corrected chi connectivity index (χ1v) is 9.14. The van der Waals surface area contributed by atoms with E-state index in [0.29, 0.717) is 24.5 Å². The van der Waals surface area contributed by atoms with E-state index in [1.807, 2.05) is 14.1 Å². The lowest BCUT2D eigenvalue weighted by Gasteiger charge is -2.40. The predicted molar refractivity (Wildman–Crippen MR) is 94.5 cm³/mol. The van der Waals surface area contributed by atoms with Crippen LogP contribution >= 0.6 is 0 Å². The number of hydrogen-bond donors (Lipinski definition) is 2. The van der Waals surface area contributed by atoms with Crippen LogP contribution in [0.4, 0.5) is 0 Å². The topological polar surface area (TPSA) is 54.0 Å². The zero-order valence-electron chi connectivity index (χ0n) is 15.8. The van der Waals surface area contributed by atoms with Crippen LogP contribution in [0.5, 0.6) is 0 Å². The molecule has 4 atom stereocenters. The normalized spacial score (nSPS) is 25.0. The molecule has 5 nitrogen and oxygen atoms in total. The van der Waals surface area contributed by atoms with Crippen LogP contribution in [0.25, 0.3) is 0 Å². The second kappa shape index (κ2) is 11.4. The average Bonchev–Trinajstić information content (AvgIpc) is 2.50. The molecule has 0 radical (unpaired) electrons. The van der Waals surface area contributed by atoms with Crippen LogP contribution in [0.3, 0.4) is 0 Å². The lowest BCUT2D eigenvalue weighted by atomic mass is 9.80. The molecule has 0 saturated heterocycles. The number of aliphatic hydroxyl groups is 1. The molecule has 1 fully saturated rings. The Morgan fingerprint density at radius 2 is 2.00 bits per heavy atom. The molecule has 5 heteroatoms. The number of hydrogen-bond acceptors (Lipinski definition) is 5. The quantitative estimate of drug-likeness (QED) is 0.449. The van der Waals surface area contributed by atoms with Crippen LogP contribution in [-0.2, 0) is 9.47 Å². The van der Waals surface area contributed by atoms with Gasteiger partial charge in [-0.15, -0.1) is 0 Å². The Morgan fingerprint density at radius 3 is 2.61 bits per heavy atom. The van der Waals surface area contributed by atoms with E-state index in [9.17, 15) is 5.11 Å². The first-order valence-electron chi connectivity index (χ1n) is 9.14. The lowest BCUT2D eigenvalue weighted by molar-refractivity contribution is -0.159. The Bertz CT molecular complexity index is 300. The zero-order valence-corrected chi connectivity index (χ0v) is 15.8. The van der Waals surface area contributed by atoms with Gasteiger partial charge in [-0.3, -0.25) is 0 Å². The predicted octanol–water partition coefficient (Wildman–Crippen LogP) is 2.09. The van der Waals surface area contributed by atoms with E-state index in [4.69, 9.17) is 9.47 Å². The van der Waals surface area contributed by atoms with Gasteiger partial charge in [-0.1, -0.05) is 20.3 Å². The molecule has 0 bridgehead atoms. The second-order valence-corrected chi connectivity index (χ2v) is 7.50. The van der Waals surface area contributed by atoms with Gasteiger partial charge < -0.3 is 24.8 Å². The minimum absolute atomic E-state index is 0.0670. The summed E-state index contributed by atoms with van der Waals surface area (Å²) in [7, 11) is 5.83. The molecule has 4 unspecified atom stereocenters. The second-order valence-electron chi connectivity index (χ2n) is 7.50. The summed E-state index contributed by atoms with van der Waals surface area (Å²) in [5, 5.41) is 14.2. The van der Waals surface area contributed by atoms with E-state index in [2.05, 4.69) is 24.1 Å². The molecule has 0 spiro atoms. The van der Waals surface area contributed by atoms with Crippen molar-refractivity contribution in [1.29, 1.82) is 0 Å². The van der Waals surface area contributed by atoms with Gasteiger partial charge in [0.2, 0.25) is 0 Å². The van der Waals surface area contributed by atoms with Crippen LogP contribution in [0.1, 0.15) is 46.0 Å². The van der Waals surface area contributed by atoms with Crippen molar-refractivity contribution in [2.24, 2.45) is 11.8 Å². The van der Waals surface area contributed by atoms with Crippen molar-refractivity contribution in [2.75, 3.05) is 41.0 Å². The zero-order chi connectivity index (χ0) is 17.2. The van der Waals surface area contributed by atoms with Crippen LogP contribution in [0.15, 0.2) is 0 Å². The summed E-state index contributed by atoms with van der Waals surface area (Å²) in [5.74, 6) is 0.912. The molecule has 0 aromatic heterocycles. The van der Waals surface area contributed by atoms with Gasteiger partial charge in [-0.25, -0.2) is 0 Å². The SMILES string of the molecule is COCCCNC1CCCC(C(C(O)OCC(C)C)N(C)C)C1. The Morgan fingerprint density at radius 1 is 1.26 bits per heavy atom. The van der Waals surface area contributed by atoms with Gasteiger partial charge in [-0.05, 0) is 58.2 Å². The Labute approximate surface area is 142 Å². The fraction of sp³-hybridized carbons (Fsp3) is 1.00. The minimum atomic E-state index is -0.704. The fourth-order valence-electron chi connectivity index (χ4n) is 3.55. The lowest BCUT2D eigenvalue weighted by Crippen LogP contribution is -2.49. The first-order chi connectivity index (χ1) is 11.0. The first kappa shape index (κ1) is 20.8. The van der Waals surface area contributed by atoms with Gasteiger partial charge in [0.05, 0.1) is 12.6 Å². The summed E-state index contributed by atoms with van der Waals surface area (Å²) in [6.45, 7) is 6.64. The molecule has 1 saturated carbocycles. The average molecular weight is 331 g/mol. The van der Waals surface area contributed by atoms with Crippen LogP contribution in [-0.4, -0.2) is 69.3 Å². The number of nitrogens with one attached hydrogen (secondary N) is 1. The Hall–Kier alpha value is -0.200. The summed E-state index contributed by atoms with van der Waals surface area (Å²) in [5.41, 5.74) is 0. The van der Waals surface area contributed by atoms with Crippen molar-refractivity contribution in [3.8, 4) is 0 Å². The molecule has 1 aliphatic carbocycles. The van der Waals surface area contributed by atoms with Gasteiger partial charge in [0.15, 0.2) is 6.29 Å². The van der Waals surface area contributed by atoms with E-state index < -0.39 is 6.29 Å². The molecule has 138 valence electrons. The molecule has 0 aromatic rings. The van der Waals surface area contributed by atoms with E-state index in [1.54, 1.807) is 7.11 Å². The largest absolute Gasteiger partial charge is 0.385 e. The third-order valence-corrected chi connectivity index (χ3v) is 4.64. The van der Waals surface area contributed by atoms with Crippen molar-refractivity contribution in [3.63, 3.8) is 0 Å². The molecule has 23 heavy (non-hydrogen) atoms. The maximum absolute atomic E-state index is 10.5. The fourth-order valence-corrected chi connectivity index (χ4v) is 3.55. The molecule has 0 aliphatic heterocycles. The summed E-state index contributed by atoms with van der Waals surface area (Å²) in [6.07, 6.45) is 5.07. The third-order valence-electron chi connectivity index (χ3n) is 4.64. The number of methoxy groups -OCH3 is 1. The number of aliphatic hydroxyl groups excluding tert-OH is 1. The standard InChI is InChI=1S/C18H38N2O3/c1-14(2)13-23-18(21)17(20(3)4)15-8-6-9-16(12-15)19-10-7-11-22-5/h14-19,21H,6-13H2,1-5H3. The van der Waals surface area contributed by atoms with Gasteiger partial charge in [0.1, 0.15) is 0 Å². The van der Waals surface area contributed by atoms with Crippen LogP contribution < -0.4 is 5.32 Å². The minimum Gasteiger partial charge on any atom is -0.385 e. The highest BCUT2D eigenvalue weighted by atomic mass is 16.6. The molecular formula is C18H38N2O3. The highest BCUT2D eigenvalue weighted by Gasteiger charge is 2.34. The summed E-state index contributed by atoms with van der Waals surface area (Å²) in [6, 6.07) is 0.614. The summed E-state index contributed by atoms with van der Waals surface area (Å²) >= 11 is 0. The molecule has 0 amide bonds. The van der Waals surface area contributed by atoms with Crippen LogP contribution in [0.2, 0.25) is 0 Å². The molecule has 0 heterocycles. The summed E-state index contributed by atoms with van der Waals surface area (Å²) < 4.78 is 10.8. The number of likely N-dealkylation sites (N-methyl/N-ethyl adjacent to an activating group) is 1. The molecular weight excluding hydrogens is 292 g/mol. The van der Waals surface area contributed by atoms with Gasteiger partial charge >= 0.3 is 0 Å². The van der Waals surface area contributed by atoms with Crippen molar-refractivity contribution in [3.05, 3.63) is 0 Å². The van der Waals surface area contributed by atoms with Crippen molar-refractivity contribution < 1.29 is 14.6 Å². The van der Waals surface area contributed by atoms with E-state index >= 15 is 0 Å². The Balaban J connectivity index is 2.50. The molecule has 2 N–H and O–H groups in total. The van der Waals surface area contributed by atoms with Crippen LogP contribution in [0, 0.1) is 11.8 Å². The third kappa shape index (κ3) is 7.94. The van der Waals surface area contributed by atoms with Crippen molar-refractivity contribution in [2.45, 2.75) is 64.3 Å². The summed E-state index contributed by atoms with van der Waals surface area (Å²) in [4.78, 5) is 2.13. The highest BCUT2D eigenvalue weighted by Crippen LogP contribution is 2.30. The highest BCUT2D eigenvalue weighted by molar-refractivity contribution is 4.87. The van der Waals surface area contributed by atoms with Gasteiger partial charge in [0, 0.05) is 19.8 Å². The smallest absolute Gasteiger partial charge is 0.170 e. The van der Waals surface area contributed by atoms with E-state index in [-0.39, 0.29) is 6.04 Å². The van der Waals surface area contributed by atoms with Gasteiger partial charge in [-0.2, -0.15) is 0 Å². The molecule has 1 rings (SSSR count). The molecule has 0 aromatic carbocycles. The number of nitrogens with zero attached hydrogens (tertiary/aromatic N) is 1. The molecule has 1 aliphatic rings. The Kier molecular flexibility index (Phi) is 10.3. The van der Waals surface area contributed by atoms with E-state index in [1.165, 1.54) is 19.3 Å². The number of rotatable bonds is 11. The monoisotopic (exact) mass is 330 g/mol. The maximum Gasteiger partial charge on any atom is 0.170 e. The van der Waals surface area contributed by atoms with Gasteiger partial charge in [0.25, 0.3) is 0 Å². The number of ether oxygens (including phenoxy) is 2. The van der Waals surface area contributed by atoms with E-state index in [0.717, 1.165) is 26.0 Å². The maximum atomic E-state index is 10.5.